The molecule has 0 bridgehead atoms. The Morgan fingerprint density at radius 2 is 1.60 bits per heavy atom. The van der Waals surface area contributed by atoms with Crippen LogP contribution in [0.25, 0.3) is 0 Å². The molecule has 0 saturated carbocycles. The molecule has 114 valence electrons. The number of thiol groups is 2. The van der Waals surface area contributed by atoms with Crippen LogP contribution in [0.5, 0.6) is 0 Å². The molecule has 0 aromatic rings. The van der Waals surface area contributed by atoms with Crippen LogP contribution in [0.4, 0.5) is 0 Å². The minimum absolute atomic E-state index is 0.499. The number of hydrogen-bond acceptors (Lipinski definition) is 6. The Kier molecular flexibility index (Phi) is 6.86. The van der Waals surface area contributed by atoms with Gasteiger partial charge in [0, 0.05) is 13.8 Å². The molecule has 8 nitrogen and oxygen atoms in total. The molecular weight excluding hydrogens is 308 g/mol. The van der Waals surface area contributed by atoms with E-state index < -0.39 is 46.3 Å². The smallest absolute Gasteiger partial charge is 0.331 e. The quantitative estimate of drug-likeness (QED) is 0.266. The Morgan fingerprint density at radius 1 is 1.10 bits per heavy atom. The summed E-state index contributed by atoms with van der Waals surface area (Å²) in [5.41, 5.74) is -2.20. The van der Waals surface area contributed by atoms with Gasteiger partial charge >= 0.3 is 11.9 Å². The third-order valence-electron chi connectivity index (χ3n) is 2.37. The van der Waals surface area contributed by atoms with Crippen LogP contribution in [0, 0.1) is 0 Å². The predicted molar refractivity (Wildman–Crippen MR) is 75.8 cm³/mol. The van der Waals surface area contributed by atoms with Crippen molar-refractivity contribution in [3.8, 4) is 0 Å². The Labute approximate surface area is 126 Å². The topological polar surface area (TPSA) is 133 Å². The van der Waals surface area contributed by atoms with Crippen molar-refractivity contribution in [3.63, 3.8) is 0 Å². The zero-order valence-electron chi connectivity index (χ0n) is 10.8. The van der Waals surface area contributed by atoms with E-state index in [4.69, 9.17) is 5.11 Å². The van der Waals surface area contributed by atoms with Crippen molar-refractivity contribution in [1.29, 1.82) is 0 Å². The first-order valence-corrected chi connectivity index (χ1v) is 6.43. The summed E-state index contributed by atoms with van der Waals surface area (Å²) < 4.78 is 0. The highest BCUT2D eigenvalue weighted by atomic mass is 32.1. The second kappa shape index (κ2) is 7.39. The molecule has 4 N–H and O–H groups in total. The highest BCUT2D eigenvalue weighted by molar-refractivity contribution is 7.85. The molecule has 2 amide bonds. The number of carbonyl (C=O) groups is 4. The minimum atomic E-state index is -2.20. The van der Waals surface area contributed by atoms with Gasteiger partial charge in [-0.1, -0.05) is 0 Å². The lowest BCUT2D eigenvalue weighted by atomic mass is 9.90. The van der Waals surface area contributed by atoms with Crippen LogP contribution in [0.1, 0.15) is 20.3 Å². The predicted octanol–water partition coefficient (Wildman–Crippen LogP) is -0.889. The third-order valence-corrected chi connectivity index (χ3v) is 3.77. The largest absolute Gasteiger partial charge is 0.481 e. The van der Waals surface area contributed by atoms with Crippen LogP contribution >= 0.6 is 25.3 Å². The number of carbonyl (C=O) groups excluding carboxylic acids is 2. The van der Waals surface area contributed by atoms with Crippen LogP contribution in [0.15, 0.2) is 0 Å². The summed E-state index contributed by atoms with van der Waals surface area (Å²) in [5.74, 6) is -4.26. The molecule has 20 heavy (non-hydrogen) atoms. The molecule has 0 aliphatic carbocycles. The number of hydrogen-bond donors (Lipinski definition) is 6. The van der Waals surface area contributed by atoms with Crippen molar-refractivity contribution in [3.05, 3.63) is 0 Å². The second-order valence-electron chi connectivity index (χ2n) is 4.12. The third kappa shape index (κ3) is 4.93. The molecule has 3 atom stereocenters. The minimum Gasteiger partial charge on any atom is -0.481 e. The number of aliphatic carboxylic acids is 2. The van der Waals surface area contributed by atoms with Gasteiger partial charge in [0.05, 0.1) is 17.0 Å². The lowest BCUT2D eigenvalue weighted by molar-refractivity contribution is -0.153. The van der Waals surface area contributed by atoms with Crippen molar-refractivity contribution in [2.24, 2.45) is 0 Å². The highest BCUT2D eigenvalue weighted by Crippen LogP contribution is 2.26. The van der Waals surface area contributed by atoms with E-state index >= 15 is 0 Å². The number of amides is 2. The maximum absolute atomic E-state index is 11.5. The summed E-state index contributed by atoms with van der Waals surface area (Å²) in [6, 6.07) is 0. The van der Waals surface area contributed by atoms with Crippen LogP contribution in [-0.2, 0) is 19.2 Å². The van der Waals surface area contributed by atoms with Crippen LogP contribution < -0.4 is 10.6 Å². The van der Waals surface area contributed by atoms with Crippen molar-refractivity contribution in [2.75, 3.05) is 0 Å². The summed E-state index contributed by atoms with van der Waals surface area (Å²) in [6.07, 6.45) is -0.910. The highest BCUT2D eigenvalue weighted by Gasteiger charge is 2.49. The lowest BCUT2D eigenvalue weighted by Crippen LogP contribution is -2.65. The summed E-state index contributed by atoms with van der Waals surface area (Å²) in [5, 5.41) is 20.2. The molecule has 0 spiro atoms. The van der Waals surface area contributed by atoms with E-state index in [1.54, 1.807) is 0 Å². The van der Waals surface area contributed by atoms with Gasteiger partial charge in [0.1, 0.15) is 0 Å². The van der Waals surface area contributed by atoms with E-state index in [1.807, 2.05) is 0 Å². The van der Waals surface area contributed by atoms with E-state index in [2.05, 4.69) is 35.9 Å². The second-order valence-corrected chi connectivity index (χ2v) is 5.23. The molecule has 0 heterocycles. The first-order valence-electron chi connectivity index (χ1n) is 5.40. The number of carboxylic acids is 2. The maximum atomic E-state index is 11.5. The zero-order chi connectivity index (χ0) is 16.1. The Morgan fingerprint density at radius 3 is 1.90 bits per heavy atom. The Balaban J connectivity index is 5.56. The van der Waals surface area contributed by atoms with E-state index in [1.165, 1.54) is 6.92 Å². The molecule has 0 saturated heterocycles. The lowest BCUT2D eigenvalue weighted by Gasteiger charge is -2.36. The monoisotopic (exact) mass is 324 g/mol. The normalized spacial score (nSPS) is 16.4. The maximum Gasteiger partial charge on any atom is 0.331 e. The van der Waals surface area contributed by atoms with Gasteiger partial charge in [-0.3, -0.25) is 14.4 Å². The fourth-order valence-corrected chi connectivity index (χ4v) is 2.36. The molecule has 0 aromatic heterocycles. The Bertz CT molecular complexity index is 412. The molecule has 0 radical (unpaired) electrons. The van der Waals surface area contributed by atoms with E-state index in [-0.39, 0.29) is 0 Å². The molecule has 0 aliphatic rings. The standard InChI is InChI=1S/C10H16N2O6S2/c1-4(13)11-8(20)7(19)10(9(17)18,3-6(15)16)12-5(2)14/h7-8,19-20H,3H2,1-2H3,(H,11,13)(H,12,14)(H,15,16)(H,17,18). The summed E-state index contributed by atoms with van der Waals surface area (Å²) in [4.78, 5) is 44.5. The first kappa shape index (κ1) is 18.6. The zero-order valence-corrected chi connectivity index (χ0v) is 12.6. The molecule has 3 unspecified atom stereocenters. The molecular formula is C10H16N2O6S2. The fraction of sp³-hybridized carbons (Fsp3) is 0.600. The number of nitrogens with one attached hydrogen (secondary N) is 2. The van der Waals surface area contributed by atoms with Gasteiger partial charge in [0.25, 0.3) is 0 Å². The van der Waals surface area contributed by atoms with Crippen molar-refractivity contribution in [1.82, 2.24) is 10.6 Å². The summed E-state index contributed by atoms with van der Waals surface area (Å²) in [7, 11) is 0. The van der Waals surface area contributed by atoms with E-state index in [0.29, 0.717) is 0 Å². The average molecular weight is 324 g/mol. The van der Waals surface area contributed by atoms with Crippen molar-refractivity contribution >= 4 is 49.0 Å². The fourth-order valence-electron chi connectivity index (χ4n) is 1.59. The van der Waals surface area contributed by atoms with Gasteiger partial charge in [-0.25, -0.2) is 4.79 Å². The van der Waals surface area contributed by atoms with Crippen LogP contribution in [-0.4, -0.2) is 50.1 Å². The summed E-state index contributed by atoms with van der Waals surface area (Å²) in [6.45, 7) is 2.23. The van der Waals surface area contributed by atoms with E-state index in [0.717, 1.165) is 6.92 Å². The average Bonchev–Trinajstić information content (AvgIpc) is 2.24. The van der Waals surface area contributed by atoms with Gasteiger partial charge < -0.3 is 20.8 Å². The number of carboxylic acid groups (broad SMARTS) is 2. The number of rotatable bonds is 7. The van der Waals surface area contributed by atoms with Gasteiger partial charge in [0.2, 0.25) is 11.8 Å². The molecule has 10 heteroatoms. The molecule has 0 aliphatic heterocycles. The van der Waals surface area contributed by atoms with Crippen LogP contribution in [0.3, 0.4) is 0 Å². The van der Waals surface area contributed by atoms with Gasteiger partial charge in [0.15, 0.2) is 5.54 Å². The Hall–Kier alpha value is -1.42. The first-order chi connectivity index (χ1) is 9.02. The molecule has 0 aromatic carbocycles. The van der Waals surface area contributed by atoms with Gasteiger partial charge in [-0.15, -0.1) is 0 Å². The summed E-state index contributed by atoms with van der Waals surface area (Å²) >= 11 is 8.00. The molecule has 0 rings (SSSR count). The van der Waals surface area contributed by atoms with E-state index in [9.17, 15) is 24.3 Å². The molecule has 0 fully saturated rings. The van der Waals surface area contributed by atoms with Gasteiger partial charge in [-0.2, -0.15) is 25.3 Å². The SMILES string of the molecule is CC(=O)NC(S)C(S)C(CC(=O)O)(NC(C)=O)C(=O)O. The van der Waals surface area contributed by atoms with Crippen LogP contribution in [0.2, 0.25) is 0 Å². The van der Waals surface area contributed by atoms with Crippen molar-refractivity contribution < 1.29 is 29.4 Å². The van der Waals surface area contributed by atoms with Gasteiger partial charge in [-0.05, 0) is 0 Å². The van der Waals surface area contributed by atoms with Crippen molar-refractivity contribution in [2.45, 2.75) is 36.4 Å².